The number of rotatable bonds is 5. The molecule has 4 aromatic rings. The lowest BCUT2D eigenvalue weighted by molar-refractivity contribution is 0.140. The molecule has 36 heavy (non-hydrogen) atoms. The first-order chi connectivity index (χ1) is 17.4. The molecule has 0 aliphatic carbocycles. The van der Waals surface area contributed by atoms with E-state index >= 15 is 0 Å². The number of halogens is 4. The van der Waals surface area contributed by atoms with Crippen LogP contribution >= 0.6 is 0 Å². The van der Waals surface area contributed by atoms with Crippen LogP contribution in [0.4, 0.5) is 33.7 Å². The molecule has 12 heteroatoms. The molecule has 0 radical (unpaired) electrons. The summed E-state index contributed by atoms with van der Waals surface area (Å²) in [4.78, 5) is 26.3. The van der Waals surface area contributed by atoms with Gasteiger partial charge >= 0.3 is 6.03 Å². The fraction of sp³-hybridized carbons (Fsp3) is 0.208. The van der Waals surface area contributed by atoms with E-state index in [0.717, 1.165) is 11.8 Å². The number of amides is 2. The Bertz CT molecular complexity index is 1370. The molecular weight excluding hydrogens is 480 g/mol. The minimum absolute atomic E-state index is 0.127. The molecule has 1 aliphatic rings. The summed E-state index contributed by atoms with van der Waals surface area (Å²) in [5.41, 5.74) is 1.36. The Balaban J connectivity index is 1.16. The van der Waals surface area contributed by atoms with Crippen molar-refractivity contribution in [3.8, 4) is 11.5 Å². The lowest BCUT2D eigenvalue weighted by Gasteiger charge is -2.36. The molecule has 2 aromatic carbocycles. The smallest absolute Gasteiger partial charge is 0.322 e. The van der Waals surface area contributed by atoms with Crippen molar-refractivity contribution in [2.24, 2.45) is 0 Å². The molecule has 0 atom stereocenters. The van der Waals surface area contributed by atoms with Gasteiger partial charge in [0.15, 0.2) is 11.6 Å². The van der Waals surface area contributed by atoms with Crippen LogP contribution in [-0.2, 0) is 0 Å². The number of hydrogen-bond donors (Lipinski definition) is 2. The average molecular weight is 500 g/mol. The van der Waals surface area contributed by atoms with Crippen LogP contribution < -0.4 is 15.0 Å². The largest absolute Gasteiger partial charge is 0.454 e. The van der Waals surface area contributed by atoms with E-state index in [4.69, 9.17) is 4.74 Å². The van der Waals surface area contributed by atoms with Gasteiger partial charge in [-0.25, -0.2) is 32.3 Å². The van der Waals surface area contributed by atoms with Crippen LogP contribution in [0.5, 0.6) is 11.5 Å². The normalized spacial score (nSPS) is 13.9. The number of carbonyl (C=O) groups excluding carboxylic acids is 1. The maximum atomic E-state index is 13.9. The molecule has 0 spiro atoms. The molecule has 186 valence electrons. The van der Waals surface area contributed by atoms with Gasteiger partial charge in [-0.05, 0) is 30.3 Å². The highest BCUT2D eigenvalue weighted by molar-refractivity contribution is 6.01. The number of piperazine rings is 1. The minimum atomic E-state index is -2.74. The Hall–Kier alpha value is -4.35. The summed E-state index contributed by atoms with van der Waals surface area (Å²) in [6.07, 6.45) is 1.07. The first-order valence-electron chi connectivity index (χ1n) is 11.0. The Kier molecular flexibility index (Phi) is 6.32. The predicted octanol–water partition coefficient (Wildman–Crippen LogP) is 5.32. The van der Waals surface area contributed by atoms with Gasteiger partial charge in [-0.15, -0.1) is 0 Å². The maximum Gasteiger partial charge on any atom is 0.322 e. The monoisotopic (exact) mass is 500 g/mol. The highest BCUT2D eigenvalue weighted by Crippen LogP contribution is 2.28. The quantitative estimate of drug-likeness (QED) is 0.362. The van der Waals surface area contributed by atoms with Crippen molar-refractivity contribution in [1.82, 2.24) is 19.9 Å². The van der Waals surface area contributed by atoms with E-state index in [9.17, 15) is 22.4 Å². The van der Waals surface area contributed by atoms with E-state index in [1.165, 1.54) is 24.7 Å². The number of aromatic amines is 1. The predicted molar refractivity (Wildman–Crippen MR) is 125 cm³/mol. The molecule has 0 unspecified atom stereocenters. The number of alkyl halides is 2. The summed E-state index contributed by atoms with van der Waals surface area (Å²) in [5, 5.41) is 2.98. The number of ether oxygens (including phenoxy) is 1. The number of urea groups is 1. The number of carbonyl (C=O) groups is 1. The molecule has 2 aromatic heterocycles. The molecule has 2 amide bonds. The second-order valence-corrected chi connectivity index (χ2v) is 8.09. The topological polar surface area (TPSA) is 86.4 Å². The molecule has 1 aliphatic heterocycles. The fourth-order valence-electron chi connectivity index (χ4n) is 3.97. The highest BCUT2D eigenvalue weighted by Gasteiger charge is 2.22. The number of H-pyrrole nitrogens is 1. The van der Waals surface area contributed by atoms with Gasteiger partial charge in [0.1, 0.15) is 17.4 Å². The van der Waals surface area contributed by atoms with Crippen LogP contribution in [0.3, 0.4) is 0 Å². The van der Waals surface area contributed by atoms with Gasteiger partial charge in [-0.3, -0.25) is 0 Å². The van der Waals surface area contributed by atoms with Crippen LogP contribution in [-0.4, -0.2) is 52.1 Å². The number of nitrogens with zero attached hydrogens (tertiary/aromatic N) is 4. The molecule has 1 saturated heterocycles. The lowest BCUT2D eigenvalue weighted by Crippen LogP contribution is -2.50. The van der Waals surface area contributed by atoms with E-state index in [2.05, 4.69) is 25.2 Å². The van der Waals surface area contributed by atoms with Gasteiger partial charge < -0.3 is 24.8 Å². The standard InChI is InChI=1S/C24H20F4N6O2/c25-14-9-18-20(13-29-21(18)19(26)10-14)32-24(35)34-7-5-33(6-8-34)15-1-3-16(4-2-15)36-17-11-30-23(22(27)28)31-12-17/h1-4,9-13,22,29H,5-8H2,(H,32,35). The summed E-state index contributed by atoms with van der Waals surface area (Å²) in [5.74, 6) is -1.27. The van der Waals surface area contributed by atoms with Gasteiger partial charge in [-0.1, -0.05) is 0 Å². The molecule has 1 fully saturated rings. The number of hydrogen-bond acceptors (Lipinski definition) is 5. The van der Waals surface area contributed by atoms with Gasteiger partial charge in [0.05, 0.1) is 23.6 Å². The van der Waals surface area contributed by atoms with E-state index < -0.39 is 23.9 Å². The number of nitrogens with one attached hydrogen (secondary N) is 2. The Morgan fingerprint density at radius 2 is 1.69 bits per heavy atom. The third-order valence-corrected chi connectivity index (χ3v) is 5.80. The van der Waals surface area contributed by atoms with Crippen molar-refractivity contribution >= 4 is 28.3 Å². The van der Waals surface area contributed by atoms with Crippen molar-refractivity contribution in [3.05, 3.63) is 72.4 Å². The maximum absolute atomic E-state index is 13.9. The number of fused-ring (bicyclic) bond motifs is 1. The second-order valence-electron chi connectivity index (χ2n) is 8.09. The molecule has 5 rings (SSSR count). The van der Waals surface area contributed by atoms with Crippen molar-refractivity contribution in [2.75, 3.05) is 36.4 Å². The zero-order valence-corrected chi connectivity index (χ0v) is 18.7. The zero-order valence-electron chi connectivity index (χ0n) is 18.7. The van der Waals surface area contributed by atoms with Crippen LogP contribution in [0.15, 0.2) is 55.0 Å². The van der Waals surface area contributed by atoms with E-state index in [1.807, 2.05) is 12.1 Å². The summed E-state index contributed by atoms with van der Waals surface area (Å²) in [6.45, 7) is 2.05. The Morgan fingerprint density at radius 1 is 1.00 bits per heavy atom. The Morgan fingerprint density at radius 3 is 2.36 bits per heavy atom. The molecule has 0 bridgehead atoms. The van der Waals surface area contributed by atoms with Gasteiger partial charge in [0.25, 0.3) is 6.43 Å². The minimum Gasteiger partial charge on any atom is -0.454 e. The first-order valence-corrected chi connectivity index (χ1v) is 11.0. The van der Waals surface area contributed by atoms with Gasteiger partial charge in [-0.2, -0.15) is 0 Å². The van der Waals surface area contributed by atoms with E-state index in [0.29, 0.717) is 37.6 Å². The molecule has 8 nitrogen and oxygen atoms in total. The second kappa shape index (κ2) is 9.72. The first kappa shape index (κ1) is 23.4. The third kappa shape index (κ3) is 4.88. The summed E-state index contributed by atoms with van der Waals surface area (Å²) in [7, 11) is 0. The lowest BCUT2D eigenvalue weighted by atomic mass is 10.2. The van der Waals surface area contributed by atoms with E-state index in [1.54, 1.807) is 17.0 Å². The van der Waals surface area contributed by atoms with Crippen LogP contribution in [0.2, 0.25) is 0 Å². The van der Waals surface area contributed by atoms with Crippen LogP contribution in [0.25, 0.3) is 10.9 Å². The molecule has 2 N–H and O–H groups in total. The Labute approximate surface area is 202 Å². The SMILES string of the molecule is O=C(Nc1c[nH]c2c(F)cc(F)cc12)N1CCN(c2ccc(Oc3cnc(C(F)F)nc3)cc2)CC1. The van der Waals surface area contributed by atoms with Crippen molar-refractivity contribution in [1.29, 1.82) is 0 Å². The molecule has 0 saturated carbocycles. The molecule has 3 heterocycles. The van der Waals surface area contributed by atoms with Crippen molar-refractivity contribution in [3.63, 3.8) is 0 Å². The van der Waals surface area contributed by atoms with Gasteiger partial charge in [0.2, 0.25) is 0 Å². The van der Waals surface area contributed by atoms with Gasteiger partial charge in [0, 0.05) is 49.5 Å². The van der Waals surface area contributed by atoms with Crippen molar-refractivity contribution < 1.29 is 27.1 Å². The van der Waals surface area contributed by atoms with Crippen LogP contribution in [0.1, 0.15) is 12.2 Å². The summed E-state index contributed by atoms with van der Waals surface area (Å²) >= 11 is 0. The summed E-state index contributed by atoms with van der Waals surface area (Å²) < 4.78 is 58.2. The third-order valence-electron chi connectivity index (χ3n) is 5.80. The number of aromatic nitrogens is 3. The molecular formula is C24H20F4N6O2. The zero-order chi connectivity index (χ0) is 25.2. The van der Waals surface area contributed by atoms with E-state index in [-0.39, 0.29) is 22.7 Å². The van der Waals surface area contributed by atoms with Crippen molar-refractivity contribution in [2.45, 2.75) is 6.43 Å². The highest BCUT2D eigenvalue weighted by atomic mass is 19.3. The summed E-state index contributed by atoms with van der Waals surface area (Å²) in [6, 6.07) is 8.78. The fourth-order valence-corrected chi connectivity index (χ4v) is 3.97. The van der Waals surface area contributed by atoms with Crippen LogP contribution in [0, 0.1) is 11.6 Å². The number of benzene rings is 2. The average Bonchev–Trinajstić information content (AvgIpc) is 3.27. The number of anilines is 2.